The summed E-state index contributed by atoms with van der Waals surface area (Å²) < 4.78 is 10.7. The van der Waals surface area contributed by atoms with Gasteiger partial charge in [0, 0.05) is 50.1 Å². The third-order valence-corrected chi connectivity index (χ3v) is 4.79. The number of H-pyrrole nitrogens is 1. The lowest BCUT2D eigenvalue weighted by atomic mass is 10.1. The third-order valence-electron chi connectivity index (χ3n) is 4.79. The first-order valence-electron chi connectivity index (χ1n) is 9.00. The van der Waals surface area contributed by atoms with Crippen molar-refractivity contribution in [2.45, 2.75) is 19.5 Å². The van der Waals surface area contributed by atoms with Crippen molar-refractivity contribution < 1.29 is 8.94 Å². The molecule has 0 radical (unpaired) electrons. The molecule has 5 heterocycles. The molecule has 0 fully saturated rings. The number of furan rings is 1. The average molecular weight is 375 g/mol. The van der Waals surface area contributed by atoms with E-state index in [4.69, 9.17) is 8.94 Å². The number of aromatic amines is 1. The molecule has 4 aromatic rings. The highest BCUT2D eigenvalue weighted by Crippen LogP contribution is 2.23. The Morgan fingerprint density at radius 1 is 1.21 bits per heavy atom. The molecule has 1 N–H and O–H groups in total. The molecule has 8 heteroatoms. The summed E-state index contributed by atoms with van der Waals surface area (Å²) in [5, 5.41) is 4.11. The van der Waals surface area contributed by atoms with E-state index in [1.54, 1.807) is 24.7 Å². The van der Waals surface area contributed by atoms with Crippen molar-refractivity contribution in [1.29, 1.82) is 0 Å². The maximum Gasteiger partial charge on any atom is 0.255 e. The van der Waals surface area contributed by atoms with Crippen LogP contribution in [0.15, 0.2) is 62.7 Å². The van der Waals surface area contributed by atoms with Crippen molar-refractivity contribution in [1.82, 2.24) is 25.0 Å². The summed E-state index contributed by atoms with van der Waals surface area (Å²) in [5.41, 5.74) is 3.04. The molecule has 0 saturated carbocycles. The van der Waals surface area contributed by atoms with Crippen LogP contribution in [0.5, 0.6) is 0 Å². The molecule has 0 saturated heterocycles. The smallest absolute Gasteiger partial charge is 0.255 e. The van der Waals surface area contributed by atoms with Crippen LogP contribution in [-0.2, 0) is 19.5 Å². The van der Waals surface area contributed by atoms with Crippen LogP contribution in [0.3, 0.4) is 0 Å². The fourth-order valence-corrected chi connectivity index (χ4v) is 3.41. The lowest BCUT2D eigenvalue weighted by Crippen LogP contribution is -2.35. The van der Waals surface area contributed by atoms with E-state index in [0.29, 0.717) is 42.4 Å². The Balaban J connectivity index is 1.35. The molecule has 0 unspecified atom stereocenters. The molecule has 5 rings (SSSR count). The summed E-state index contributed by atoms with van der Waals surface area (Å²) in [5.74, 6) is 1.80. The maximum atomic E-state index is 12.6. The third kappa shape index (κ3) is 3.14. The first kappa shape index (κ1) is 16.6. The molecule has 1 aliphatic rings. The highest BCUT2D eigenvalue weighted by atomic mass is 16.5. The lowest BCUT2D eigenvalue weighted by molar-refractivity contribution is 0.234. The van der Waals surface area contributed by atoms with Crippen molar-refractivity contribution in [3.8, 4) is 22.9 Å². The zero-order chi connectivity index (χ0) is 18.9. The molecular weight excluding hydrogens is 358 g/mol. The topological polar surface area (TPSA) is 101 Å². The van der Waals surface area contributed by atoms with Gasteiger partial charge < -0.3 is 13.9 Å². The average Bonchev–Trinajstić information content (AvgIpc) is 3.41. The molecule has 140 valence electrons. The molecule has 0 bridgehead atoms. The number of hydrogen-bond donors (Lipinski definition) is 1. The Labute approximate surface area is 159 Å². The highest BCUT2D eigenvalue weighted by molar-refractivity contribution is 5.53. The standard InChI is InChI=1S/C20H17N5O3/c26-20-15-12-25(11-14-9-18(28-24-14)17-4-2-8-27-17)7-5-16(15)22-19(23-20)13-3-1-6-21-10-13/h1-4,6,8-10H,5,7,11-12H2,(H,22,23,26). The number of nitrogens with zero attached hydrogens (tertiary/aromatic N) is 4. The maximum absolute atomic E-state index is 12.6. The highest BCUT2D eigenvalue weighted by Gasteiger charge is 2.22. The summed E-state index contributed by atoms with van der Waals surface area (Å²) in [6, 6.07) is 9.20. The predicted octanol–water partition coefficient (Wildman–Crippen LogP) is 2.64. The number of pyridine rings is 1. The first-order chi connectivity index (χ1) is 13.8. The summed E-state index contributed by atoms with van der Waals surface area (Å²) in [7, 11) is 0. The summed E-state index contributed by atoms with van der Waals surface area (Å²) in [6.45, 7) is 1.90. The van der Waals surface area contributed by atoms with Crippen LogP contribution in [-0.4, -0.2) is 31.6 Å². The van der Waals surface area contributed by atoms with Gasteiger partial charge in [0.05, 0.1) is 23.2 Å². The second kappa shape index (κ2) is 6.90. The number of aromatic nitrogens is 4. The van der Waals surface area contributed by atoms with Crippen LogP contribution < -0.4 is 5.56 Å². The Morgan fingerprint density at radius 2 is 2.18 bits per heavy atom. The van der Waals surface area contributed by atoms with Gasteiger partial charge in [-0.1, -0.05) is 5.16 Å². The van der Waals surface area contributed by atoms with Crippen molar-refractivity contribution in [3.63, 3.8) is 0 Å². The second-order valence-corrected chi connectivity index (χ2v) is 6.70. The van der Waals surface area contributed by atoms with E-state index >= 15 is 0 Å². The van der Waals surface area contributed by atoms with E-state index in [0.717, 1.165) is 23.5 Å². The van der Waals surface area contributed by atoms with E-state index in [1.807, 2.05) is 24.3 Å². The van der Waals surface area contributed by atoms with Gasteiger partial charge in [-0.05, 0) is 24.3 Å². The monoisotopic (exact) mass is 375 g/mol. The Hall–Kier alpha value is -3.52. The minimum atomic E-state index is -0.106. The molecule has 0 spiro atoms. The molecule has 1 aliphatic heterocycles. The van der Waals surface area contributed by atoms with Crippen molar-refractivity contribution in [3.05, 3.63) is 76.3 Å². The van der Waals surface area contributed by atoms with Gasteiger partial charge in [-0.3, -0.25) is 14.7 Å². The zero-order valence-electron chi connectivity index (χ0n) is 15.0. The van der Waals surface area contributed by atoms with Crippen LogP contribution in [0.25, 0.3) is 22.9 Å². The van der Waals surface area contributed by atoms with E-state index in [2.05, 4.69) is 25.0 Å². The molecule has 0 amide bonds. The lowest BCUT2D eigenvalue weighted by Gasteiger charge is -2.26. The normalized spacial score (nSPS) is 14.1. The predicted molar refractivity (Wildman–Crippen MR) is 100 cm³/mol. The molecule has 0 atom stereocenters. The van der Waals surface area contributed by atoms with Gasteiger partial charge in [0.15, 0.2) is 5.76 Å². The van der Waals surface area contributed by atoms with Gasteiger partial charge in [-0.15, -0.1) is 0 Å². The number of rotatable bonds is 4. The van der Waals surface area contributed by atoms with Crippen LogP contribution in [0.1, 0.15) is 17.0 Å². The fourth-order valence-electron chi connectivity index (χ4n) is 3.41. The van der Waals surface area contributed by atoms with Gasteiger partial charge in [-0.25, -0.2) is 4.98 Å². The van der Waals surface area contributed by atoms with Crippen LogP contribution >= 0.6 is 0 Å². The van der Waals surface area contributed by atoms with E-state index in [-0.39, 0.29) is 5.56 Å². The molecule has 4 aromatic heterocycles. The summed E-state index contributed by atoms with van der Waals surface area (Å²) in [6.07, 6.45) is 5.69. The zero-order valence-corrected chi connectivity index (χ0v) is 15.0. The van der Waals surface area contributed by atoms with Gasteiger partial charge in [0.25, 0.3) is 5.56 Å². The van der Waals surface area contributed by atoms with Gasteiger partial charge in [-0.2, -0.15) is 0 Å². The summed E-state index contributed by atoms with van der Waals surface area (Å²) >= 11 is 0. The minimum absolute atomic E-state index is 0.106. The second-order valence-electron chi connectivity index (χ2n) is 6.70. The van der Waals surface area contributed by atoms with Crippen LogP contribution in [0, 0.1) is 0 Å². The van der Waals surface area contributed by atoms with Crippen molar-refractivity contribution in [2.24, 2.45) is 0 Å². The fraction of sp³-hybridized carbons (Fsp3) is 0.200. The Morgan fingerprint density at radius 3 is 3.00 bits per heavy atom. The van der Waals surface area contributed by atoms with Crippen LogP contribution in [0.4, 0.5) is 0 Å². The van der Waals surface area contributed by atoms with Gasteiger partial charge in [0.2, 0.25) is 5.76 Å². The largest absolute Gasteiger partial charge is 0.461 e. The molecule has 0 aromatic carbocycles. The summed E-state index contributed by atoms with van der Waals surface area (Å²) in [4.78, 5) is 26.4. The van der Waals surface area contributed by atoms with Gasteiger partial charge >= 0.3 is 0 Å². The molecular formula is C20H17N5O3. The number of hydrogen-bond acceptors (Lipinski definition) is 7. The first-order valence-corrected chi connectivity index (χ1v) is 9.00. The quantitative estimate of drug-likeness (QED) is 0.585. The number of fused-ring (bicyclic) bond motifs is 1. The van der Waals surface area contributed by atoms with Crippen molar-refractivity contribution in [2.75, 3.05) is 6.54 Å². The van der Waals surface area contributed by atoms with Gasteiger partial charge in [0.1, 0.15) is 5.82 Å². The van der Waals surface area contributed by atoms with E-state index < -0.39 is 0 Å². The van der Waals surface area contributed by atoms with E-state index in [1.165, 1.54) is 0 Å². The molecule has 8 nitrogen and oxygen atoms in total. The molecule has 0 aliphatic carbocycles. The van der Waals surface area contributed by atoms with Crippen LogP contribution in [0.2, 0.25) is 0 Å². The Bertz CT molecular complexity index is 1150. The SMILES string of the molecule is O=c1[nH]c(-c2cccnc2)nc2c1CN(Cc1cc(-c3ccco3)on1)CC2. The number of nitrogens with one attached hydrogen (secondary N) is 1. The minimum Gasteiger partial charge on any atom is -0.461 e. The Kier molecular flexibility index (Phi) is 4.10. The van der Waals surface area contributed by atoms with E-state index in [9.17, 15) is 4.79 Å². The van der Waals surface area contributed by atoms with Crippen molar-refractivity contribution >= 4 is 0 Å². The molecule has 28 heavy (non-hydrogen) atoms.